The topological polar surface area (TPSA) is 79.2 Å². The summed E-state index contributed by atoms with van der Waals surface area (Å²) in [5.41, 5.74) is 7.03. The molecule has 1 saturated carbocycles. The highest BCUT2D eigenvalue weighted by Gasteiger charge is 2.42. The second-order valence-corrected chi connectivity index (χ2v) is 7.44. The molecule has 2 heterocycles. The van der Waals surface area contributed by atoms with Gasteiger partial charge in [0, 0.05) is 35.1 Å². The molecule has 5 nitrogen and oxygen atoms in total. The van der Waals surface area contributed by atoms with Crippen LogP contribution >= 0.6 is 15.9 Å². The smallest absolute Gasteiger partial charge is 0.254 e. The summed E-state index contributed by atoms with van der Waals surface area (Å²) in [4.78, 5) is 29.6. The molecule has 4 rings (SSSR count). The fraction of sp³-hybridized carbons (Fsp3) is 0.412. The first kappa shape index (κ1) is 14.9. The Morgan fingerprint density at radius 1 is 1.30 bits per heavy atom. The van der Waals surface area contributed by atoms with Crippen molar-refractivity contribution in [3.8, 4) is 0 Å². The highest BCUT2D eigenvalue weighted by molar-refractivity contribution is 9.10. The van der Waals surface area contributed by atoms with Gasteiger partial charge >= 0.3 is 0 Å². The molecule has 2 aromatic rings. The summed E-state index contributed by atoms with van der Waals surface area (Å²) in [6.07, 6.45) is 2.15. The van der Waals surface area contributed by atoms with Crippen LogP contribution in [0.15, 0.2) is 33.5 Å². The Morgan fingerprint density at radius 2 is 2.13 bits per heavy atom. The van der Waals surface area contributed by atoms with E-state index in [1.807, 2.05) is 23.1 Å². The monoisotopic (exact) mass is 375 g/mol. The van der Waals surface area contributed by atoms with Crippen molar-refractivity contribution in [1.29, 1.82) is 0 Å². The lowest BCUT2D eigenvalue weighted by molar-refractivity contribution is 0.0781. The maximum Gasteiger partial charge on any atom is 0.254 e. The van der Waals surface area contributed by atoms with Gasteiger partial charge in [0.1, 0.15) is 0 Å². The zero-order chi connectivity index (χ0) is 16.1. The zero-order valence-corrected chi connectivity index (χ0v) is 14.2. The molecule has 1 aliphatic heterocycles. The molecule has 0 radical (unpaired) electrons. The number of rotatable bonds is 1. The number of nitrogens with one attached hydrogen (secondary N) is 1. The van der Waals surface area contributed by atoms with Crippen LogP contribution in [-0.4, -0.2) is 34.9 Å². The molecular formula is C17H18BrN3O2. The number of nitrogens with zero attached hydrogens (tertiary/aromatic N) is 1. The Morgan fingerprint density at radius 3 is 2.91 bits per heavy atom. The number of para-hydroxylation sites is 1. The first-order valence-corrected chi connectivity index (χ1v) is 8.70. The Kier molecular flexibility index (Phi) is 3.54. The van der Waals surface area contributed by atoms with Gasteiger partial charge in [-0.25, -0.2) is 0 Å². The van der Waals surface area contributed by atoms with E-state index in [1.165, 1.54) is 6.07 Å². The number of likely N-dealkylation sites (tertiary alicyclic amines) is 1. The number of H-pyrrole nitrogens is 1. The van der Waals surface area contributed by atoms with Gasteiger partial charge in [-0.15, -0.1) is 0 Å². The van der Waals surface area contributed by atoms with E-state index in [2.05, 4.69) is 20.9 Å². The molecular weight excluding hydrogens is 358 g/mol. The summed E-state index contributed by atoms with van der Waals surface area (Å²) >= 11 is 3.43. The van der Waals surface area contributed by atoms with E-state index in [4.69, 9.17) is 5.73 Å². The quantitative estimate of drug-likeness (QED) is 0.800. The fourth-order valence-corrected chi connectivity index (χ4v) is 4.53. The van der Waals surface area contributed by atoms with Crippen LogP contribution in [0, 0.1) is 11.8 Å². The summed E-state index contributed by atoms with van der Waals surface area (Å²) in [6.45, 7) is 1.45. The van der Waals surface area contributed by atoms with Crippen LogP contribution in [0.4, 0.5) is 0 Å². The number of carbonyl (C=O) groups excluding carboxylic acids is 1. The van der Waals surface area contributed by atoms with E-state index in [0.717, 1.165) is 29.2 Å². The minimum absolute atomic E-state index is 0.0687. The maximum atomic E-state index is 13.0. The summed E-state index contributed by atoms with van der Waals surface area (Å²) < 4.78 is 0.780. The van der Waals surface area contributed by atoms with Crippen molar-refractivity contribution < 1.29 is 4.79 Å². The van der Waals surface area contributed by atoms with Crippen LogP contribution in [0.25, 0.3) is 10.9 Å². The molecule has 120 valence electrons. The number of fused-ring (bicyclic) bond motifs is 2. The van der Waals surface area contributed by atoms with Gasteiger partial charge in [0.15, 0.2) is 0 Å². The molecule has 1 aromatic carbocycles. The Bertz CT molecular complexity index is 847. The SMILES string of the molecule is NC1CCC2CN(C(=O)c3cc(=O)[nH]c4c(Br)cccc34)CC12. The van der Waals surface area contributed by atoms with Crippen LogP contribution in [0.1, 0.15) is 23.2 Å². The van der Waals surface area contributed by atoms with Crippen LogP contribution in [0.3, 0.4) is 0 Å². The van der Waals surface area contributed by atoms with Crippen molar-refractivity contribution in [1.82, 2.24) is 9.88 Å². The summed E-state index contributed by atoms with van der Waals surface area (Å²) in [5, 5.41) is 0.769. The Hall–Kier alpha value is -1.66. The summed E-state index contributed by atoms with van der Waals surface area (Å²) in [7, 11) is 0. The lowest BCUT2D eigenvalue weighted by atomic mass is 9.98. The van der Waals surface area contributed by atoms with Gasteiger partial charge in [-0.05, 0) is 46.7 Å². The molecule has 3 unspecified atom stereocenters. The molecule has 1 aromatic heterocycles. The largest absolute Gasteiger partial charge is 0.338 e. The summed E-state index contributed by atoms with van der Waals surface area (Å²) in [6, 6.07) is 7.20. The number of aromatic nitrogens is 1. The molecule has 1 aliphatic carbocycles. The van der Waals surface area contributed by atoms with E-state index in [-0.39, 0.29) is 17.5 Å². The van der Waals surface area contributed by atoms with E-state index in [1.54, 1.807) is 0 Å². The third kappa shape index (κ3) is 2.40. The number of benzene rings is 1. The van der Waals surface area contributed by atoms with Crippen molar-refractivity contribution >= 4 is 32.7 Å². The molecule has 0 spiro atoms. The Labute approximate surface area is 142 Å². The van der Waals surface area contributed by atoms with Crippen LogP contribution < -0.4 is 11.3 Å². The van der Waals surface area contributed by atoms with Crippen LogP contribution in [0.2, 0.25) is 0 Å². The average Bonchev–Trinajstić information content (AvgIpc) is 3.09. The number of carbonyl (C=O) groups is 1. The second-order valence-electron chi connectivity index (χ2n) is 6.58. The van der Waals surface area contributed by atoms with Crippen molar-refractivity contribution in [3.63, 3.8) is 0 Å². The number of pyridine rings is 1. The molecule has 3 atom stereocenters. The zero-order valence-electron chi connectivity index (χ0n) is 12.6. The number of hydrogen-bond acceptors (Lipinski definition) is 3. The van der Waals surface area contributed by atoms with Gasteiger partial charge in [-0.2, -0.15) is 0 Å². The number of halogens is 1. The van der Waals surface area contributed by atoms with Gasteiger partial charge in [0.2, 0.25) is 5.56 Å². The van der Waals surface area contributed by atoms with Crippen molar-refractivity contribution in [3.05, 3.63) is 44.7 Å². The van der Waals surface area contributed by atoms with E-state index >= 15 is 0 Å². The Balaban J connectivity index is 1.74. The minimum Gasteiger partial charge on any atom is -0.338 e. The molecule has 2 aliphatic rings. The van der Waals surface area contributed by atoms with Gasteiger partial charge in [0.05, 0.1) is 11.1 Å². The van der Waals surface area contributed by atoms with Crippen molar-refractivity contribution in [2.24, 2.45) is 17.6 Å². The second kappa shape index (κ2) is 5.46. The predicted molar refractivity (Wildman–Crippen MR) is 92.4 cm³/mol. The van der Waals surface area contributed by atoms with Crippen LogP contribution in [0.5, 0.6) is 0 Å². The predicted octanol–water partition coefficient (Wildman–Crippen LogP) is 2.10. The van der Waals surface area contributed by atoms with Gasteiger partial charge in [-0.3, -0.25) is 9.59 Å². The maximum absolute atomic E-state index is 13.0. The minimum atomic E-state index is -0.260. The highest BCUT2D eigenvalue weighted by Crippen LogP contribution is 2.38. The number of hydrogen-bond donors (Lipinski definition) is 2. The summed E-state index contributed by atoms with van der Waals surface area (Å²) in [5.74, 6) is 0.841. The van der Waals surface area contributed by atoms with Crippen LogP contribution in [-0.2, 0) is 0 Å². The van der Waals surface area contributed by atoms with Gasteiger partial charge < -0.3 is 15.6 Å². The normalized spacial score (nSPS) is 26.7. The van der Waals surface area contributed by atoms with Gasteiger partial charge in [0.25, 0.3) is 5.91 Å². The van der Waals surface area contributed by atoms with E-state index in [9.17, 15) is 9.59 Å². The average molecular weight is 376 g/mol. The first-order valence-electron chi connectivity index (χ1n) is 7.91. The fourth-order valence-electron chi connectivity index (χ4n) is 4.06. The lowest BCUT2D eigenvalue weighted by Gasteiger charge is -2.19. The number of nitrogens with two attached hydrogens (primary N) is 1. The van der Waals surface area contributed by atoms with Crippen molar-refractivity contribution in [2.75, 3.05) is 13.1 Å². The first-order chi connectivity index (χ1) is 11.0. The molecule has 3 N–H and O–H groups in total. The van der Waals surface area contributed by atoms with E-state index < -0.39 is 0 Å². The van der Waals surface area contributed by atoms with E-state index in [0.29, 0.717) is 29.5 Å². The molecule has 23 heavy (non-hydrogen) atoms. The molecule has 6 heteroatoms. The molecule has 1 saturated heterocycles. The number of aromatic amines is 1. The molecule has 2 fully saturated rings. The lowest BCUT2D eigenvalue weighted by Crippen LogP contribution is -2.34. The van der Waals surface area contributed by atoms with Gasteiger partial charge in [-0.1, -0.05) is 12.1 Å². The standard InChI is InChI=1S/C17H18BrN3O2/c18-13-3-1-2-10-11(6-15(22)20-16(10)13)17(23)21-7-9-4-5-14(19)12(9)8-21/h1-3,6,9,12,14H,4-5,7-8,19H2,(H,20,22). The third-order valence-electron chi connectivity index (χ3n) is 5.26. The van der Waals surface area contributed by atoms with Crippen molar-refractivity contribution in [2.45, 2.75) is 18.9 Å². The number of amides is 1. The highest BCUT2D eigenvalue weighted by atomic mass is 79.9. The third-order valence-corrected chi connectivity index (χ3v) is 5.92. The molecule has 1 amide bonds. The molecule has 0 bridgehead atoms.